The van der Waals surface area contributed by atoms with Gasteiger partial charge in [-0.25, -0.2) is 0 Å². The minimum absolute atomic E-state index is 0.180. The van der Waals surface area contributed by atoms with Crippen molar-refractivity contribution in [2.45, 2.75) is 79.7 Å². The van der Waals surface area contributed by atoms with Gasteiger partial charge in [0.05, 0.1) is 6.42 Å². The number of nitrogens with one attached hydrogen (secondary N) is 1. The van der Waals surface area contributed by atoms with Crippen molar-refractivity contribution >= 4 is 5.91 Å². The molecular formula is C21H33NO. The lowest BCUT2D eigenvalue weighted by atomic mass is 9.71. The molecule has 0 bridgehead atoms. The summed E-state index contributed by atoms with van der Waals surface area (Å²) in [5.41, 5.74) is 5.31. The largest absolute Gasteiger partial charge is 0.353 e. The summed E-state index contributed by atoms with van der Waals surface area (Å²) in [5.74, 6) is 0.969. The Kier molecular flexibility index (Phi) is 5.54. The van der Waals surface area contributed by atoms with Crippen LogP contribution in [0.2, 0.25) is 0 Å². The van der Waals surface area contributed by atoms with Crippen molar-refractivity contribution in [2.75, 3.05) is 0 Å². The molecule has 0 atom stereocenters. The van der Waals surface area contributed by atoms with Gasteiger partial charge in [-0.3, -0.25) is 4.79 Å². The van der Waals surface area contributed by atoms with Crippen LogP contribution in [0, 0.1) is 32.1 Å². The van der Waals surface area contributed by atoms with Crippen LogP contribution in [0.3, 0.4) is 0 Å². The SMILES string of the molecule is Cc1cc(C)c(CC(=O)NC2CCC(C(C)(C)C)CC2)c(C)c1. The third kappa shape index (κ3) is 4.83. The van der Waals surface area contributed by atoms with Gasteiger partial charge in [-0.1, -0.05) is 38.5 Å². The Morgan fingerprint density at radius 3 is 2.04 bits per heavy atom. The predicted octanol–water partition coefficient (Wildman–Crippen LogP) is 4.88. The molecule has 1 aromatic rings. The molecule has 0 spiro atoms. The van der Waals surface area contributed by atoms with Crippen LogP contribution in [0.15, 0.2) is 12.1 Å². The first-order valence-corrected chi connectivity index (χ1v) is 9.03. The predicted molar refractivity (Wildman–Crippen MR) is 97.7 cm³/mol. The first-order valence-electron chi connectivity index (χ1n) is 9.03. The molecule has 0 radical (unpaired) electrons. The van der Waals surface area contributed by atoms with Crippen molar-refractivity contribution in [3.8, 4) is 0 Å². The average molecular weight is 316 g/mol. The van der Waals surface area contributed by atoms with Crippen molar-refractivity contribution in [3.05, 3.63) is 34.4 Å². The molecule has 0 unspecified atom stereocenters. The van der Waals surface area contributed by atoms with Gasteiger partial charge in [-0.15, -0.1) is 0 Å². The summed E-state index contributed by atoms with van der Waals surface area (Å²) in [4.78, 5) is 12.4. The van der Waals surface area contributed by atoms with E-state index in [1.807, 2.05) is 0 Å². The number of hydrogen-bond donors (Lipinski definition) is 1. The minimum atomic E-state index is 0.180. The quantitative estimate of drug-likeness (QED) is 0.846. The fourth-order valence-electron chi connectivity index (χ4n) is 4.03. The maximum absolute atomic E-state index is 12.4. The van der Waals surface area contributed by atoms with Gasteiger partial charge in [0.2, 0.25) is 5.91 Å². The van der Waals surface area contributed by atoms with Crippen LogP contribution in [0.5, 0.6) is 0 Å². The zero-order valence-corrected chi connectivity index (χ0v) is 15.8. The maximum atomic E-state index is 12.4. The van der Waals surface area contributed by atoms with Gasteiger partial charge < -0.3 is 5.32 Å². The molecule has 1 N–H and O–H groups in total. The molecule has 0 aliphatic heterocycles. The van der Waals surface area contributed by atoms with E-state index < -0.39 is 0 Å². The molecule has 1 aliphatic carbocycles. The molecule has 1 aromatic carbocycles. The second-order valence-corrected chi connectivity index (χ2v) is 8.54. The Balaban J connectivity index is 1.89. The van der Waals surface area contributed by atoms with E-state index in [9.17, 15) is 4.79 Å². The zero-order chi connectivity index (χ0) is 17.2. The fourth-order valence-corrected chi connectivity index (χ4v) is 4.03. The van der Waals surface area contributed by atoms with E-state index in [1.165, 1.54) is 35.1 Å². The van der Waals surface area contributed by atoms with Crippen molar-refractivity contribution in [1.82, 2.24) is 5.32 Å². The van der Waals surface area contributed by atoms with Gasteiger partial charge in [-0.2, -0.15) is 0 Å². The van der Waals surface area contributed by atoms with Crippen LogP contribution in [0.25, 0.3) is 0 Å². The number of carbonyl (C=O) groups excluding carboxylic acids is 1. The molecule has 2 rings (SSSR count). The van der Waals surface area contributed by atoms with Gasteiger partial charge in [-0.05, 0) is 74.5 Å². The van der Waals surface area contributed by atoms with E-state index in [4.69, 9.17) is 0 Å². The van der Waals surface area contributed by atoms with Gasteiger partial charge >= 0.3 is 0 Å². The maximum Gasteiger partial charge on any atom is 0.224 e. The lowest BCUT2D eigenvalue weighted by Crippen LogP contribution is -2.40. The summed E-state index contributed by atoms with van der Waals surface area (Å²) in [5, 5.41) is 3.27. The molecule has 0 saturated heterocycles. The standard InChI is InChI=1S/C21H33NO/c1-14-11-15(2)19(16(3)12-14)13-20(23)22-18-9-7-17(8-10-18)21(4,5)6/h11-12,17-18H,7-10,13H2,1-6H3,(H,22,23). The van der Waals surface area contributed by atoms with E-state index >= 15 is 0 Å². The monoisotopic (exact) mass is 315 g/mol. The Labute approximate surface area is 142 Å². The third-order valence-electron chi connectivity index (χ3n) is 5.49. The molecule has 2 heteroatoms. The second kappa shape index (κ2) is 7.07. The summed E-state index contributed by atoms with van der Waals surface area (Å²) in [6.45, 7) is 13.3. The van der Waals surface area contributed by atoms with Gasteiger partial charge in [0.1, 0.15) is 0 Å². The van der Waals surface area contributed by atoms with Crippen LogP contribution in [0.4, 0.5) is 0 Å². The number of aryl methyl sites for hydroxylation is 3. The molecule has 0 aromatic heterocycles. The molecule has 1 amide bonds. The Bertz CT molecular complexity index is 537. The van der Waals surface area contributed by atoms with Crippen LogP contribution in [-0.4, -0.2) is 11.9 Å². The number of benzene rings is 1. The van der Waals surface area contributed by atoms with Crippen molar-refractivity contribution < 1.29 is 4.79 Å². The van der Waals surface area contributed by atoms with E-state index in [1.54, 1.807) is 0 Å². The second-order valence-electron chi connectivity index (χ2n) is 8.54. The molecular weight excluding hydrogens is 282 g/mol. The van der Waals surface area contributed by atoms with Crippen molar-refractivity contribution in [1.29, 1.82) is 0 Å². The Hall–Kier alpha value is -1.31. The molecule has 0 heterocycles. The lowest BCUT2D eigenvalue weighted by Gasteiger charge is -2.37. The fraction of sp³-hybridized carbons (Fsp3) is 0.667. The van der Waals surface area contributed by atoms with E-state index in [2.05, 4.69) is 59.0 Å². The molecule has 23 heavy (non-hydrogen) atoms. The van der Waals surface area contributed by atoms with Crippen LogP contribution in [0.1, 0.15) is 68.7 Å². The number of carbonyl (C=O) groups is 1. The normalized spacial score (nSPS) is 22.0. The zero-order valence-electron chi connectivity index (χ0n) is 15.8. The summed E-state index contributed by atoms with van der Waals surface area (Å²) in [6, 6.07) is 4.71. The van der Waals surface area contributed by atoms with Gasteiger partial charge in [0.15, 0.2) is 0 Å². The smallest absolute Gasteiger partial charge is 0.224 e. The minimum Gasteiger partial charge on any atom is -0.353 e. The van der Waals surface area contributed by atoms with Crippen molar-refractivity contribution in [2.24, 2.45) is 11.3 Å². The summed E-state index contributed by atoms with van der Waals surface area (Å²) >= 11 is 0. The molecule has 2 nitrogen and oxygen atoms in total. The van der Waals surface area contributed by atoms with Gasteiger partial charge in [0.25, 0.3) is 0 Å². The molecule has 128 valence electrons. The van der Waals surface area contributed by atoms with E-state index in [0.717, 1.165) is 18.8 Å². The first kappa shape index (κ1) is 18.0. The number of amides is 1. The third-order valence-corrected chi connectivity index (χ3v) is 5.49. The van der Waals surface area contributed by atoms with Crippen LogP contribution in [-0.2, 0) is 11.2 Å². The highest BCUT2D eigenvalue weighted by molar-refractivity contribution is 5.79. The highest BCUT2D eigenvalue weighted by atomic mass is 16.1. The average Bonchev–Trinajstić information content (AvgIpc) is 2.42. The summed E-state index contributed by atoms with van der Waals surface area (Å²) < 4.78 is 0. The first-order chi connectivity index (χ1) is 10.7. The Morgan fingerprint density at radius 2 is 1.57 bits per heavy atom. The van der Waals surface area contributed by atoms with Crippen LogP contribution < -0.4 is 5.32 Å². The van der Waals surface area contributed by atoms with Crippen molar-refractivity contribution in [3.63, 3.8) is 0 Å². The number of rotatable bonds is 3. The highest BCUT2D eigenvalue weighted by Gasteiger charge is 2.30. The summed E-state index contributed by atoms with van der Waals surface area (Å²) in [6.07, 6.45) is 5.23. The summed E-state index contributed by atoms with van der Waals surface area (Å²) in [7, 11) is 0. The van der Waals surface area contributed by atoms with Gasteiger partial charge in [0, 0.05) is 6.04 Å². The topological polar surface area (TPSA) is 29.1 Å². The number of hydrogen-bond acceptors (Lipinski definition) is 1. The van der Waals surface area contributed by atoms with E-state index in [0.29, 0.717) is 17.9 Å². The van der Waals surface area contributed by atoms with Crippen LogP contribution >= 0.6 is 0 Å². The lowest BCUT2D eigenvalue weighted by molar-refractivity contribution is -0.121. The highest BCUT2D eigenvalue weighted by Crippen LogP contribution is 2.37. The molecule has 1 aliphatic rings. The molecule has 1 saturated carbocycles. The molecule has 1 fully saturated rings. The van der Waals surface area contributed by atoms with E-state index in [-0.39, 0.29) is 5.91 Å². The Morgan fingerprint density at radius 1 is 1.04 bits per heavy atom.